The molecule has 1 heterocycles. The molecule has 2 aromatic rings. The van der Waals surface area contributed by atoms with Crippen LogP contribution in [0.5, 0.6) is 0 Å². The highest BCUT2D eigenvalue weighted by atomic mass is 127. The average Bonchev–Trinajstić information content (AvgIpc) is 2.41. The van der Waals surface area contributed by atoms with E-state index in [9.17, 15) is 0 Å². The van der Waals surface area contributed by atoms with E-state index in [2.05, 4.69) is 56.8 Å². The van der Waals surface area contributed by atoms with E-state index in [1.807, 2.05) is 6.20 Å². The minimum atomic E-state index is 0.398. The molecule has 1 aromatic carbocycles. The van der Waals surface area contributed by atoms with Crippen LogP contribution < -0.4 is 0 Å². The summed E-state index contributed by atoms with van der Waals surface area (Å²) in [5.41, 5.74) is 2.89. The lowest BCUT2D eigenvalue weighted by molar-refractivity contribution is 0.554. The van der Waals surface area contributed by atoms with Crippen molar-refractivity contribution in [2.24, 2.45) is 0 Å². The summed E-state index contributed by atoms with van der Waals surface area (Å²) in [5.74, 6) is 1.28. The Bertz CT molecular complexity index is 586. The van der Waals surface area contributed by atoms with Gasteiger partial charge in [0, 0.05) is 12.1 Å². The molecular weight excluding hydrogens is 359 g/mol. The quantitative estimate of drug-likeness (QED) is 0.560. The number of halogens is 2. The summed E-state index contributed by atoms with van der Waals surface area (Å²) in [5, 5.41) is 0.569. The van der Waals surface area contributed by atoms with Crippen LogP contribution in [-0.4, -0.2) is 9.97 Å². The van der Waals surface area contributed by atoms with E-state index in [-0.39, 0.29) is 0 Å². The molecule has 0 radical (unpaired) electrons. The summed E-state index contributed by atoms with van der Waals surface area (Å²) in [7, 11) is 0. The van der Waals surface area contributed by atoms with Crippen LogP contribution in [0.4, 0.5) is 0 Å². The first kappa shape index (κ1) is 12.4. The molecule has 0 saturated heterocycles. The van der Waals surface area contributed by atoms with Gasteiger partial charge in [0.2, 0.25) is 0 Å². The highest BCUT2D eigenvalue weighted by Gasteiger charge is 2.22. The first-order valence-electron chi connectivity index (χ1n) is 5.99. The van der Waals surface area contributed by atoms with E-state index in [4.69, 9.17) is 11.6 Å². The Balaban J connectivity index is 1.89. The van der Waals surface area contributed by atoms with Crippen LogP contribution >= 0.6 is 34.2 Å². The maximum atomic E-state index is 6.07. The molecule has 0 N–H and O–H groups in total. The monoisotopic (exact) mass is 370 g/mol. The fourth-order valence-electron chi connectivity index (χ4n) is 2.47. The van der Waals surface area contributed by atoms with Crippen molar-refractivity contribution in [3.8, 4) is 0 Å². The van der Waals surface area contributed by atoms with Crippen LogP contribution in [0.1, 0.15) is 29.3 Å². The summed E-state index contributed by atoms with van der Waals surface area (Å²) in [6, 6.07) is 8.63. The number of nitrogens with zero attached hydrogens (tertiary/aromatic N) is 2. The van der Waals surface area contributed by atoms with Crippen molar-refractivity contribution in [1.29, 1.82) is 0 Å². The van der Waals surface area contributed by atoms with Crippen LogP contribution in [0.3, 0.4) is 0 Å². The van der Waals surface area contributed by atoms with Crippen LogP contribution in [0.15, 0.2) is 30.5 Å². The second-order valence-corrected chi connectivity index (χ2v) is 6.10. The van der Waals surface area contributed by atoms with Gasteiger partial charge in [-0.2, -0.15) is 0 Å². The van der Waals surface area contributed by atoms with Gasteiger partial charge >= 0.3 is 0 Å². The minimum Gasteiger partial charge on any atom is -0.240 e. The number of hydrogen-bond acceptors (Lipinski definition) is 2. The molecule has 2 nitrogen and oxygen atoms in total. The molecule has 0 fully saturated rings. The zero-order valence-electron chi connectivity index (χ0n) is 9.74. The van der Waals surface area contributed by atoms with Crippen molar-refractivity contribution in [3.05, 3.63) is 56.1 Å². The molecule has 92 valence electrons. The van der Waals surface area contributed by atoms with Gasteiger partial charge in [0.05, 0.1) is 3.57 Å². The van der Waals surface area contributed by atoms with Gasteiger partial charge in [-0.15, -0.1) is 0 Å². The van der Waals surface area contributed by atoms with Gasteiger partial charge in [0.1, 0.15) is 11.0 Å². The van der Waals surface area contributed by atoms with Gasteiger partial charge in [0.15, 0.2) is 0 Å². The topological polar surface area (TPSA) is 25.8 Å². The Kier molecular flexibility index (Phi) is 3.52. The number of aromatic nitrogens is 2. The molecule has 0 amide bonds. The van der Waals surface area contributed by atoms with E-state index < -0.39 is 0 Å². The largest absolute Gasteiger partial charge is 0.240 e. The molecule has 4 heteroatoms. The van der Waals surface area contributed by atoms with Crippen molar-refractivity contribution < 1.29 is 0 Å². The lowest BCUT2D eigenvalue weighted by Gasteiger charge is -2.23. The van der Waals surface area contributed by atoms with Gasteiger partial charge in [-0.05, 0) is 53.0 Å². The van der Waals surface area contributed by atoms with Crippen LogP contribution in [-0.2, 0) is 12.8 Å². The lowest BCUT2D eigenvalue weighted by Crippen LogP contribution is -2.15. The third-order valence-electron chi connectivity index (χ3n) is 3.43. The maximum Gasteiger partial charge on any atom is 0.146 e. The summed E-state index contributed by atoms with van der Waals surface area (Å²) >= 11 is 8.23. The molecule has 1 atom stereocenters. The molecule has 0 spiro atoms. The summed E-state index contributed by atoms with van der Waals surface area (Å²) in [6.07, 6.45) is 5.04. The van der Waals surface area contributed by atoms with Gasteiger partial charge in [-0.1, -0.05) is 35.9 Å². The average molecular weight is 371 g/mol. The van der Waals surface area contributed by atoms with Gasteiger partial charge < -0.3 is 0 Å². The number of aryl methyl sites for hydroxylation is 1. The Labute approximate surface area is 125 Å². The Hall–Kier alpha value is -0.680. The first-order chi connectivity index (χ1) is 8.74. The normalized spacial score (nSPS) is 18.4. The van der Waals surface area contributed by atoms with Crippen LogP contribution in [0.25, 0.3) is 0 Å². The first-order valence-corrected chi connectivity index (χ1v) is 7.44. The molecule has 1 unspecified atom stereocenters. The van der Waals surface area contributed by atoms with Crippen molar-refractivity contribution >= 4 is 34.2 Å². The zero-order valence-corrected chi connectivity index (χ0v) is 12.6. The molecule has 18 heavy (non-hydrogen) atoms. The zero-order chi connectivity index (χ0) is 12.5. The van der Waals surface area contributed by atoms with E-state index in [1.165, 1.54) is 11.1 Å². The molecule has 0 bridgehead atoms. The molecule has 0 saturated carbocycles. The lowest BCUT2D eigenvalue weighted by atomic mass is 9.83. The molecule has 1 aromatic heterocycles. The van der Waals surface area contributed by atoms with Crippen molar-refractivity contribution in [2.45, 2.75) is 25.2 Å². The predicted molar refractivity (Wildman–Crippen MR) is 81.0 cm³/mol. The summed E-state index contributed by atoms with van der Waals surface area (Å²) < 4.78 is 0.911. The van der Waals surface area contributed by atoms with E-state index in [0.717, 1.165) is 28.7 Å². The Morgan fingerprint density at radius 1 is 1.22 bits per heavy atom. The van der Waals surface area contributed by atoms with Crippen molar-refractivity contribution in [3.63, 3.8) is 0 Å². The molecular formula is C14H12ClIN2. The predicted octanol–water partition coefficient (Wildman–Crippen LogP) is 4.01. The smallest absolute Gasteiger partial charge is 0.146 e. The van der Waals surface area contributed by atoms with E-state index >= 15 is 0 Å². The number of fused-ring (bicyclic) bond motifs is 1. The second kappa shape index (κ2) is 5.13. The SMILES string of the molecule is Clc1nc(C2CCc3ccccc3C2)ncc1I. The van der Waals surface area contributed by atoms with Crippen molar-refractivity contribution in [2.75, 3.05) is 0 Å². The molecule has 1 aliphatic carbocycles. The fraction of sp³-hybridized carbons (Fsp3) is 0.286. The van der Waals surface area contributed by atoms with E-state index in [0.29, 0.717) is 11.1 Å². The summed E-state index contributed by atoms with van der Waals surface area (Å²) in [6.45, 7) is 0. The number of rotatable bonds is 1. The van der Waals surface area contributed by atoms with Gasteiger partial charge in [-0.25, -0.2) is 9.97 Å². The molecule has 3 rings (SSSR count). The third-order valence-corrected chi connectivity index (χ3v) is 4.83. The van der Waals surface area contributed by atoms with Crippen molar-refractivity contribution in [1.82, 2.24) is 9.97 Å². The Morgan fingerprint density at radius 3 is 2.78 bits per heavy atom. The highest BCUT2D eigenvalue weighted by Crippen LogP contribution is 2.31. The minimum absolute atomic E-state index is 0.398. The van der Waals surface area contributed by atoms with E-state index in [1.54, 1.807) is 0 Å². The van der Waals surface area contributed by atoms with Crippen LogP contribution in [0, 0.1) is 3.57 Å². The third kappa shape index (κ3) is 2.38. The number of hydrogen-bond donors (Lipinski definition) is 0. The van der Waals surface area contributed by atoms with Crippen LogP contribution in [0.2, 0.25) is 5.15 Å². The second-order valence-electron chi connectivity index (χ2n) is 4.58. The summed E-state index contributed by atoms with van der Waals surface area (Å²) in [4.78, 5) is 8.85. The standard InChI is InChI=1S/C14H12ClIN2/c15-13-12(16)8-17-14(18-13)11-6-5-9-3-1-2-4-10(9)7-11/h1-4,8,11H,5-7H2. The maximum absolute atomic E-state index is 6.07. The Morgan fingerprint density at radius 2 is 2.00 bits per heavy atom. The highest BCUT2D eigenvalue weighted by molar-refractivity contribution is 14.1. The molecule has 1 aliphatic rings. The van der Waals surface area contributed by atoms with Gasteiger partial charge in [0.25, 0.3) is 0 Å². The number of benzene rings is 1. The van der Waals surface area contributed by atoms with Gasteiger partial charge in [-0.3, -0.25) is 0 Å². The molecule has 0 aliphatic heterocycles. The fourth-order valence-corrected chi connectivity index (χ4v) is 2.87.